The van der Waals surface area contributed by atoms with Crippen molar-refractivity contribution in [1.29, 1.82) is 0 Å². The molecule has 0 amide bonds. The molecule has 6 heteroatoms. The van der Waals surface area contributed by atoms with E-state index >= 15 is 0 Å². The number of fused-ring (bicyclic) bond motifs is 1. The molecule has 0 aliphatic rings. The molecule has 3 N–H and O–H groups in total. The number of nitrogens with zero attached hydrogens (tertiary/aromatic N) is 2. The molecule has 0 aromatic carbocycles. The maximum absolute atomic E-state index is 4.90. The number of hydrogen-bond donors (Lipinski definition) is 2. The van der Waals surface area contributed by atoms with Gasteiger partial charge in [0.25, 0.3) is 0 Å². The van der Waals surface area contributed by atoms with Gasteiger partial charge in [-0.2, -0.15) is 15.4 Å². The highest BCUT2D eigenvalue weighted by Gasteiger charge is 2.00. The summed E-state index contributed by atoms with van der Waals surface area (Å²) in [5.74, 6) is 0. The van der Waals surface area contributed by atoms with Crippen LogP contribution in [0.3, 0.4) is 0 Å². The summed E-state index contributed by atoms with van der Waals surface area (Å²) >= 11 is 4.90. The van der Waals surface area contributed by atoms with Gasteiger partial charge in [0.15, 0.2) is 15.7 Å². The highest BCUT2D eigenvalue weighted by atomic mass is 32.1. The molecule has 0 radical (unpaired) electrons. The van der Waals surface area contributed by atoms with Gasteiger partial charge in [0.2, 0.25) is 6.20 Å². The van der Waals surface area contributed by atoms with Gasteiger partial charge in [-0.05, 0) is 0 Å². The van der Waals surface area contributed by atoms with Crippen LogP contribution in [-0.4, -0.2) is 20.5 Å². The highest BCUT2D eigenvalue weighted by molar-refractivity contribution is 7.71. The summed E-state index contributed by atoms with van der Waals surface area (Å²) in [6.07, 6.45) is 1.69. The van der Waals surface area contributed by atoms with Crippen LogP contribution in [0.25, 0.3) is 11.0 Å². The Morgan fingerprint density at radius 3 is 3.20 bits per heavy atom. The van der Waals surface area contributed by atoms with E-state index in [2.05, 4.69) is 25.6 Å². The lowest BCUT2D eigenvalue weighted by Gasteiger charge is -1.76. The van der Waals surface area contributed by atoms with Crippen LogP contribution < -0.4 is 5.10 Å². The summed E-state index contributed by atoms with van der Waals surface area (Å²) in [6, 6.07) is 0. The minimum atomic E-state index is 0.561. The number of rotatable bonds is 0. The van der Waals surface area contributed by atoms with E-state index in [9.17, 15) is 0 Å². The SMILES string of the molecule is S=c1[nH][nH+]cc2n[nH]nc12. The maximum Gasteiger partial charge on any atom is 0.221 e. The van der Waals surface area contributed by atoms with E-state index in [-0.39, 0.29) is 0 Å². The Morgan fingerprint density at radius 1 is 1.50 bits per heavy atom. The van der Waals surface area contributed by atoms with E-state index in [1.165, 1.54) is 0 Å². The molecule has 0 spiro atoms. The van der Waals surface area contributed by atoms with E-state index in [1.54, 1.807) is 6.20 Å². The van der Waals surface area contributed by atoms with E-state index in [4.69, 9.17) is 12.2 Å². The van der Waals surface area contributed by atoms with Crippen molar-refractivity contribution in [3.63, 3.8) is 0 Å². The molecule has 5 nitrogen and oxygen atoms in total. The van der Waals surface area contributed by atoms with Crippen molar-refractivity contribution in [3.05, 3.63) is 10.8 Å². The molecule has 2 aromatic rings. The lowest BCUT2D eigenvalue weighted by Crippen LogP contribution is -2.06. The Kier molecular flexibility index (Phi) is 1.01. The first-order valence-electron chi connectivity index (χ1n) is 2.68. The third-order valence-electron chi connectivity index (χ3n) is 1.18. The second-order valence-electron chi connectivity index (χ2n) is 1.80. The van der Waals surface area contributed by atoms with Gasteiger partial charge in [0, 0.05) is 0 Å². The lowest BCUT2D eigenvalue weighted by molar-refractivity contribution is -0.454. The van der Waals surface area contributed by atoms with Crippen molar-refractivity contribution in [3.8, 4) is 0 Å². The molecule has 2 aromatic heterocycles. The maximum atomic E-state index is 4.90. The van der Waals surface area contributed by atoms with Crippen LogP contribution in [0.5, 0.6) is 0 Å². The number of H-pyrrole nitrogens is 3. The fraction of sp³-hybridized carbons (Fsp3) is 0. The second-order valence-corrected chi connectivity index (χ2v) is 2.21. The third kappa shape index (κ3) is 0.623. The van der Waals surface area contributed by atoms with Crippen molar-refractivity contribution in [1.82, 2.24) is 20.5 Å². The molecule has 0 aliphatic heterocycles. The second kappa shape index (κ2) is 1.84. The zero-order valence-electron chi connectivity index (χ0n) is 4.88. The molecule has 0 bridgehead atoms. The van der Waals surface area contributed by atoms with Crippen molar-refractivity contribution < 1.29 is 5.10 Å². The zero-order valence-corrected chi connectivity index (χ0v) is 5.70. The van der Waals surface area contributed by atoms with Crippen LogP contribution in [0.15, 0.2) is 6.20 Å². The van der Waals surface area contributed by atoms with Crippen LogP contribution in [-0.2, 0) is 0 Å². The van der Waals surface area contributed by atoms with Crippen LogP contribution in [0.1, 0.15) is 0 Å². The average molecular weight is 154 g/mol. The van der Waals surface area contributed by atoms with Gasteiger partial charge in [-0.15, -0.1) is 10.2 Å². The molecular weight excluding hydrogens is 150 g/mol. The highest BCUT2D eigenvalue weighted by Crippen LogP contribution is 2.01. The van der Waals surface area contributed by atoms with Crippen LogP contribution >= 0.6 is 12.2 Å². The Morgan fingerprint density at radius 2 is 2.40 bits per heavy atom. The van der Waals surface area contributed by atoms with Gasteiger partial charge in [0.05, 0.1) is 0 Å². The first-order chi connectivity index (χ1) is 4.88. The number of aromatic amines is 3. The Balaban J connectivity index is 3.09. The monoisotopic (exact) mass is 154 g/mol. The van der Waals surface area contributed by atoms with Crippen molar-refractivity contribution in [2.24, 2.45) is 0 Å². The molecule has 2 heterocycles. The summed E-state index contributed by atoms with van der Waals surface area (Å²) in [5.41, 5.74) is 1.43. The topological polar surface area (TPSA) is 71.5 Å². The van der Waals surface area contributed by atoms with Crippen LogP contribution in [0, 0.1) is 4.64 Å². The van der Waals surface area contributed by atoms with Gasteiger partial charge < -0.3 is 0 Å². The van der Waals surface area contributed by atoms with Crippen LogP contribution in [0.2, 0.25) is 0 Å². The summed E-state index contributed by atoms with van der Waals surface area (Å²) in [6.45, 7) is 0. The number of hydrogen-bond acceptors (Lipinski definition) is 3. The largest absolute Gasteiger partial charge is 0.221 e. The first kappa shape index (κ1) is 5.48. The molecule has 0 aliphatic carbocycles. The quantitative estimate of drug-likeness (QED) is 0.517. The molecule has 50 valence electrons. The van der Waals surface area contributed by atoms with E-state index in [0.717, 1.165) is 5.52 Å². The van der Waals surface area contributed by atoms with Crippen molar-refractivity contribution in [2.75, 3.05) is 0 Å². The molecule has 0 saturated heterocycles. The molecule has 2 rings (SSSR count). The Labute approximate surface area is 60.5 Å². The molecule has 0 saturated carbocycles. The fourth-order valence-corrected chi connectivity index (χ4v) is 0.945. The first-order valence-corrected chi connectivity index (χ1v) is 3.08. The minimum absolute atomic E-state index is 0.561. The number of aromatic nitrogens is 5. The summed E-state index contributed by atoms with van der Waals surface area (Å²) in [7, 11) is 0. The zero-order chi connectivity index (χ0) is 6.97. The predicted octanol–water partition coefficient (Wildman–Crippen LogP) is -0.170. The van der Waals surface area contributed by atoms with Crippen LogP contribution in [0.4, 0.5) is 0 Å². The molecule has 0 fully saturated rings. The standard InChI is InChI=1S/C4H3N5S/c10-4-3-2(1-5-8-4)6-9-7-3/h1H,(H,8,10)(H,6,7,9)/p+1. The van der Waals surface area contributed by atoms with Gasteiger partial charge in [-0.1, -0.05) is 12.2 Å². The third-order valence-corrected chi connectivity index (χ3v) is 1.48. The van der Waals surface area contributed by atoms with E-state index < -0.39 is 0 Å². The Bertz CT molecular complexity index is 401. The molecular formula is C4H4N5S+. The predicted molar refractivity (Wildman–Crippen MR) is 35.6 cm³/mol. The van der Waals surface area contributed by atoms with E-state index in [1.807, 2.05) is 0 Å². The minimum Gasteiger partial charge on any atom is -0.196 e. The smallest absolute Gasteiger partial charge is 0.196 e. The van der Waals surface area contributed by atoms with Crippen molar-refractivity contribution >= 4 is 23.3 Å². The molecule has 10 heavy (non-hydrogen) atoms. The Hall–Kier alpha value is -1.30. The van der Waals surface area contributed by atoms with Gasteiger partial charge in [-0.3, -0.25) is 0 Å². The number of nitrogens with one attached hydrogen (secondary N) is 3. The lowest BCUT2D eigenvalue weighted by atomic mass is 10.5. The normalized spacial score (nSPS) is 10.4. The fourth-order valence-electron chi connectivity index (χ4n) is 0.736. The molecule has 0 unspecified atom stereocenters. The summed E-state index contributed by atoms with van der Waals surface area (Å²) in [4.78, 5) is 0. The average Bonchev–Trinajstić information content (AvgIpc) is 2.36. The summed E-state index contributed by atoms with van der Waals surface area (Å²) < 4.78 is 0.561. The van der Waals surface area contributed by atoms with Crippen molar-refractivity contribution in [2.45, 2.75) is 0 Å². The van der Waals surface area contributed by atoms with E-state index in [0.29, 0.717) is 10.2 Å². The van der Waals surface area contributed by atoms with Gasteiger partial charge >= 0.3 is 0 Å². The molecule has 0 atom stereocenters. The van der Waals surface area contributed by atoms with Gasteiger partial charge in [0.1, 0.15) is 0 Å². The van der Waals surface area contributed by atoms with Gasteiger partial charge in [-0.25, -0.2) is 0 Å². The summed E-state index contributed by atoms with van der Waals surface area (Å²) in [5, 5.41) is 15.6.